The van der Waals surface area contributed by atoms with Gasteiger partial charge < -0.3 is 0 Å². The van der Waals surface area contributed by atoms with Crippen LogP contribution < -0.4 is 0 Å². The number of thioether (sulfide) groups is 1. The monoisotopic (exact) mass is 186 g/mol. The van der Waals surface area contributed by atoms with Crippen LogP contribution in [0.2, 0.25) is 0 Å². The molecule has 0 fully saturated rings. The van der Waals surface area contributed by atoms with Crippen LogP contribution in [0, 0.1) is 0 Å². The van der Waals surface area contributed by atoms with Crippen molar-refractivity contribution in [1.82, 2.24) is 0 Å². The second-order valence-electron chi connectivity index (χ2n) is 4.07. The number of hydrogen-bond donors (Lipinski definition) is 0. The molecule has 0 aromatic rings. The third-order valence-electron chi connectivity index (χ3n) is 1.17. The molecule has 0 heterocycles. The molecule has 0 aliphatic rings. The molecular weight excluding hydrogens is 168 g/mol. The van der Waals surface area contributed by atoms with E-state index in [4.69, 9.17) is 0 Å². The number of allylic oxidation sites excluding steroid dienone is 1. The predicted octanol–water partition coefficient (Wildman–Crippen LogP) is 3.05. The van der Waals surface area contributed by atoms with Crippen molar-refractivity contribution in [3.8, 4) is 0 Å². The summed E-state index contributed by atoms with van der Waals surface area (Å²) in [7, 11) is 0. The highest BCUT2D eigenvalue weighted by Gasteiger charge is 2.12. The van der Waals surface area contributed by atoms with Crippen molar-refractivity contribution in [2.24, 2.45) is 0 Å². The van der Waals surface area contributed by atoms with Crippen LogP contribution in [0.1, 0.15) is 34.1 Å². The first-order chi connectivity index (χ1) is 5.31. The number of Topliss-reactive ketones (excluding diaryl/α,β-unsaturated/α-hetero) is 1. The first-order valence-corrected chi connectivity index (χ1v) is 5.10. The molecule has 0 spiro atoms. The molecule has 0 atom stereocenters. The maximum atomic E-state index is 11.2. The second-order valence-corrected chi connectivity index (χ2v) is 5.88. The SMILES string of the molecule is C=C(C)CC(=O)CSC(C)(C)C. The van der Waals surface area contributed by atoms with Crippen molar-refractivity contribution in [1.29, 1.82) is 0 Å². The number of rotatable bonds is 4. The Kier molecular flexibility index (Phi) is 4.61. The first kappa shape index (κ1) is 11.8. The van der Waals surface area contributed by atoms with E-state index in [0.717, 1.165) is 5.57 Å². The van der Waals surface area contributed by atoms with Gasteiger partial charge in [0.1, 0.15) is 5.78 Å². The van der Waals surface area contributed by atoms with E-state index in [1.807, 2.05) is 6.92 Å². The minimum absolute atomic E-state index is 0.185. The molecule has 0 saturated carbocycles. The molecule has 0 aromatic carbocycles. The van der Waals surface area contributed by atoms with Gasteiger partial charge in [-0.15, -0.1) is 11.8 Å². The molecule has 0 aromatic heterocycles. The first-order valence-electron chi connectivity index (χ1n) is 4.11. The Morgan fingerprint density at radius 3 is 2.25 bits per heavy atom. The number of hydrogen-bond acceptors (Lipinski definition) is 2. The van der Waals surface area contributed by atoms with Crippen LogP contribution in [0.15, 0.2) is 12.2 Å². The minimum Gasteiger partial charge on any atom is -0.298 e. The molecule has 0 rings (SSSR count). The molecule has 12 heavy (non-hydrogen) atoms. The third kappa shape index (κ3) is 7.86. The fourth-order valence-electron chi connectivity index (χ4n) is 0.685. The van der Waals surface area contributed by atoms with E-state index in [2.05, 4.69) is 27.4 Å². The molecule has 0 N–H and O–H groups in total. The summed E-state index contributed by atoms with van der Waals surface area (Å²) in [6.07, 6.45) is 0.531. The highest BCUT2D eigenvalue weighted by atomic mass is 32.2. The van der Waals surface area contributed by atoms with Gasteiger partial charge in [-0.3, -0.25) is 4.79 Å². The molecule has 0 amide bonds. The Morgan fingerprint density at radius 1 is 1.42 bits per heavy atom. The van der Waals surface area contributed by atoms with E-state index in [9.17, 15) is 4.79 Å². The summed E-state index contributed by atoms with van der Waals surface area (Å²) in [4.78, 5) is 11.2. The van der Waals surface area contributed by atoms with Crippen LogP contribution in [0.25, 0.3) is 0 Å². The molecule has 2 heteroatoms. The Hall–Kier alpha value is -0.240. The van der Waals surface area contributed by atoms with Gasteiger partial charge in [0.25, 0.3) is 0 Å². The van der Waals surface area contributed by atoms with Crippen molar-refractivity contribution in [2.75, 3.05) is 5.75 Å². The van der Waals surface area contributed by atoms with Gasteiger partial charge in [-0.2, -0.15) is 0 Å². The number of ketones is 1. The summed E-state index contributed by atoms with van der Waals surface area (Å²) in [5.41, 5.74) is 0.953. The van der Waals surface area contributed by atoms with E-state index in [1.54, 1.807) is 11.8 Å². The predicted molar refractivity (Wildman–Crippen MR) is 56.6 cm³/mol. The zero-order valence-electron chi connectivity index (χ0n) is 8.44. The molecule has 0 unspecified atom stereocenters. The lowest BCUT2D eigenvalue weighted by Crippen LogP contribution is -2.12. The normalized spacial score (nSPS) is 11.3. The van der Waals surface area contributed by atoms with Gasteiger partial charge in [0.2, 0.25) is 0 Å². The van der Waals surface area contributed by atoms with Crippen molar-refractivity contribution in [2.45, 2.75) is 38.9 Å². The zero-order chi connectivity index (χ0) is 9.78. The molecule has 0 saturated heterocycles. The smallest absolute Gasteiger partial charge is 0.146 e. The summed E-state index contributed by atoms with van der Waals surface area (Å²) >= 11 is 1.69. The van der Waals surface area contributed by atoms with E-state index in [0.29, 0.717) is 12.2 Å². The fraction of sp³-hybridized carbons (Fsp3) is 0.700. The molecule has 0 aliphatic carbocycles. The van der Waals surface area contributed by atoms with E-state index >= 15 is 0 Å². The van der Waals surface area contributed by atoms with Crippen LogP contribution in [0.3, 0.4) is 0 Å². The fourth-order valence-corrected chi connectivity index (χ4v) is 1.38. The molecule has 0 bridgehead atoms. The molecular formula is C10H18OS. The highest BCUT2D eigenvalue weighted by molar-refractivity contribution is 8.01. The number of carbonyl (C=O) groups excluding carboxylic acids is 1. The van der Waals surface area contributed by atoms with Crippen molar-refractivity contribution in [3.05, 3.63) is 12.2 Å². The molecule has 0 aliphatic heterocycles. The van der Waals surface area contributed by atoms with Crippen molar-refractivity contribution in [3.63, 3.8) is 0 Å². The van der Waals surface area contributed by atoms with Gasteiger partial charge in [-0.1, -0.05) is 32.9 Å². The maximum Gasteiger partial charge on any atom is 0.146 e. The van der Waals surface area contributed by atoms with Gasteiger partial charge in [0.15, 0.2) is 0 Å². The lowest BCUT2D eigenvalue weighted by atomic mass is 10.2. The summed E-state index contributed by atoms with van der Waals surface area (Å²) in [6.45, 7) is 11.9. The lowest BCUT2D eigenvalue weighted by Gasteiger charge is -2.16. The third-order valence-corrected chi connectivity index (χ3v) is 2.50. The average molecular weight is 186 g/mol. The van der Waals surface area contributed by atoms with Gasteiger partial charge in [-0.05, 0) is 6.92 Å². The molecule has 70 valence electrons. The standard InChI is InChI=1S/C10H18OS/c1-8(2)6-9(11)7-12-10(3,4)5/h1,6-7H2,2-5H3. The van der Waals surface area contributed by atoms with Gasteiger partial charge in [-0.25, -0.2) is 0 Å². The van der Waals surface area contributed by atoms with Gasteiger partial charge in [0.05, 0.1) is 5.75 Å². The Balaban J connectivity index is 3.65. The van der Waals surface area contributed by atoms with Crippen LogP contribution in [0.5, 0.6) is 0 Å². The second kappa shape index (κ2) is 4.70. The zero-order valence-corrected chi connectivity index (χ0v) is 9.25. The lowest BCUT2D eigenvalue weighted by molar-refractivity contribution is -0.115. The summed E-state index contributed by atoms with van der Waals surface area (Å²) < 4.78 is 0.185. The molecule has 0 radical (unpaired) electrons. The van der Waals surface area contributed by atoms with Gasteiger partial charge in [0, 0.05) is 11.2 Å². The Morgan fingerprint density at radius 2 is 1.92 bits per heavy atom. The van der Waals surface area contributed by atoms with Crippen LogP contribution in [0.4, 0.5) is 0 Å². The summed E-state index contributed by atoms with van der Waals surface area (Å²) in [5, 5.41) is 0. The van der Waals surface area contributed by atoms with Crippen molar-refractivity contribution < 1.29 is 4.79 Å². The van der Waals surface area contributed by atoms with Crippen LogP contribution in [-0.4, -0.2) is 16.3 Å². The summed E-state index contributed by atoms with van der Waals surface area (Å²) in [6, 6.07) is 0. The number of carbonyl (C=O) groups is 1. The quantitative estimate of drug-likeness (QED) is 0.628. The Bertz CT molecular complexity index is 177. The Labute approximate surface area is 79.6 Å². The van der Waals surface area contributed by atoms with Crippen molar-refractivity contribution >= 4 is 17.5 Å². The van der Waals surface area contributed by atoms with E-state index < -0.39 is 0 Å². The van der Waals surface area contributed by atoms with E-state index in [1.165, 1.54) is 0 Å². The van der Waals surface area contributed by atoms with E-state index in [-0.39, 0.29) is 10.5 Å². The maximum absolute atomic E-state index is 11.2. The topological polar surface area (TPSA) is 17.1 Å². The van der Waals surface area contributed by atoms with Gasteiger partial charge >= 0.3 is 0 Å². The largest absolute Gasteiger partial charge is 0.298 e. The molecule has 1 nitrogen and oxygen atoms in total. The van der Waals surface area contributed by atoms with Crippen LogP contribution >= 0.6 is 11.8 Å². The average Bonchev–Trinajstić information content (AvgIpc) is 1.80. The highest BCUT2D eigenvalue weighted by Crippen LogP contribution is 2.23. The summed E-state index contributed by atoms with van der Waals surface area (Å²) in [5.74, 6) is 0.888. The minimum atomic E-state index is 0.185. The van der Waals surface area contributed by atoms with Crippen LogP contribution in [-0.2, 0) is 4.79 Å².